The summed E-state index contributed by atoms with van der Waals surface area (Å²) < 4.78 is 40.2. The second kappa shape index (κ2) is 5.86. The highest BCUT2D eigenvalue weighted by Crippen LogP contribution is 2.28. The average Bonchev–Trinajstić information content (AvgIpc) is 2.28. The normalized spacial score (nSPS) is 11.3. The molecule has 1 aromatic carbocycles. The van der Waals surface area contributed by atoms with Crippen LogP contribution in [0.15, 0.2) is 28.4 Å². The van der Waals surface area contributed by atoms with Crippen molar-refractivity contribution in [2.45, 2.75) is 6.36 Å². The average molecular weight is 291 g/mol. The van der Waals surface area contributed by atoms with Crippen molar-refractivity contribution in [2.75, 3.05) is 0 Å². The molecule has 0 spiro atoms. The van der Waals surface area contributed by atoms with Gasteiger partial charge in [-0.2, -0.15) is 5.10 Å². The van der Waals surface area contributed by atoms with Crippen molar-refractivity contribution in [3.05, 3.63) is 33.9 Å². The monoisotopic (exact) mass is 291 g/mol. The van der Waals surface area contributed by atoms with E-state index in [2.05, 4.69) is 14.9 Å². The summed E-state index contributed by atoms with van der Waals surface area (Å²) in [5.41, 5.74) is 9.19. The summed E-state index contributed by atoms with van der Waals surface area (Å²) in [5, 5.41) is 17.0. The highest BCUT2D eigenvalue weighted by molar-refractivity contribution is 5.85. The Morgan fingerprint density at radius 3 is 2.55 bits per heavy atom. The fourth-order valence-corrected chi connectivity index (χ4v) is 1.13. The molecule has 0 bridgehead atoms. The quantitative estimate of drug-likeness (QED) is 0.371. The Hall–Kier alpha value is -2.85. The molecule has 20 heavy (non-hydrogen) atoms. The largest absolute Gasteiger partial charge is 0.573 e. The van der Waals surface area contributed by atoms with Crippen LogP contribution in [0.3, 0.4) is 0 Å². The van der Waals surface area contributed by atoms with Crippen LogP contribution in [0, 0.1) is 10.1 Å². The van der Waals surface area contributed by atoms with E-state index in [0.717, 1.165) is 24.4 Å². The van der Waals surface area contributed by atoms with Crippen molar-refractivity contribution in [1.82, 2.24) is 0 Å². The first kappa shape index (κ1) is 15.2. The lowest BCUT2D eigenvalue weighted by Crippen LogP contribution is -2.21. The van der Waals surface area contributed by atoms with Crippen LogP contribution in [0.25, 0.3) is 0 Å². The molecule has 0 fully saturated rings. The van der Waals surface area contributed by atoms with Gasteiger partial charge in [0.05, 0.1) is 11.1 Å². The summed E-state index contributed by atoms with van der Waals surface area (Å²) in [7, 11) is 0. The van der Waals surface area contributed by atoms with Crippen LogP contribution in [-0.4, -0.2) is 23.5 Å². The number of benzene rings is 1. The molecule has 0 aliphatic heterocycles. The molecule has 0 heterocycles. The van der Waals surface area contributed by atoms with Gasteiger partial charge in [-0.15, -0.1) is 18.3 Å². The molecular formula is C9H8F3N5O3. The van der Waals surface area contributed by atoms with Gasteiger partial charge in [0, 0.05) is 17.7 Å². The molecule has 11 heteroatoms. The Morgan fingerprint density at radius 1 is 1.40 bits per heavy atom. The topological polar surface area (TPSA) is 129 Å². The lowest BCUT2D eigenvalue weighted by Gasteiger charge is -2.10. The van der Waals surface area contributed by atoms with Gasteiger partial charge in [0.15, 0.2) is 0 Å². The molecule has 108 valence electrons. The summed E-state index contributed by atoms with van der Waals surface area (Å²) in [6, 6.07) is 2.49. The zero-order valence-electron chi connectivity index (χ0n) is 9.66. The molecule has 0 unspecified atom stereocenters. The highest BCUT2D eigenvalue weighted by atomic mass is 19.4. The van der Waals surface area contributed by atoms with E-state index in [9.17, 15) is 23.3 Å². The molecule has 4 N–H and O–H groups in total. The predicted molar refractivity (Wildman–Crippen MR) is 63.2 cm³/mol. The van der Waals surface area contributed by atoms with Gasteiger partial charge < -0.3 is 16.2 Å². The Bertz CT molecular complexity index is 566. The summed E-state index contributed by atoms with van der Waals surface area (Å²) in [5.74, 6) is -1.09. The first-order valence-electron chi connectivity index (χ1n) is 4.85. The molecule has 1 aromatic rings. The van der Waals surface area contributed by atoms with Crippen LogP contribution in [0.2, 0.25) is 0 Å². The number of ether oxygens (including phenoxy) is 1. The first-order valence-corrected chi connectivity index (χ1v) is 4.85. The minimum atomic E-state index is -4.95. The van der Waals surface area contributed by atoms with Crippen LogP contribution < -0.4 is 16.2 Å². The smallest absolute Gasteiger partial charge is 0.405 e. The van der Waals surface area contributed by atoms with Crippen LogP contribution in [-0.2, 0) is 0 Å². The number of hydrogen-bond donors (Lipinski definition) is 2. The predicted octanol–water partition coefficient (Wildman–Crippen LogP) is 1.10. The summed E-state index contributed by atoms with van der Waals surface area (Å²) in [6.45, 7) is 0. The number of nitro benzene ring substituents is 1. The molecule has 0 amide bonds. The van der Waals surface area contributed by atoms with Gasteiger partial charge in [-0.1, -0.05) is 0 Å². The number of alkyl halides is 3. The number of rotatable bonds is 4. The van der Waals surface area contributed by atoms with Crippen LogP contribution >= 0.6 is 0 Å². The van der Waals surface area contributed by atoms with E-state index in [0.29, 0.717) is 0 Å². The minimum Gasteiger partial charge on any atom is -0.405 e. The third kappa shape index (κ3) is 4.80. The number of nitro groups is 1. The molecule has 0 radical (unpaired) electrons. The van der Waals surface area contributed by atoms with Crippen molar-refractivity contribution in [3.8, 4) is 5.75 Å². The molecule has 0 aliphatic carbocycles. The fraction of sp³-hybridized carbons (Fsp3) is 0.111. The van der Waals surface area contributed by atoms with Crippen molar-refractivity contribution in [2.24, 2.45) is 21.7 Å². The van der Waals surface area contributed by atoms with Crippen LogP contribution in [0.5, 0.6) is 5.75 Å². The van der Waals surface area contributed by atoms with Gasteiger partial charge in [0.1, 0.15) is 5.75 Å². The molecule has 0 atom stereocenters. The lowest BCUT2D eigenvalue weighted by atomic mass is 10.2. The standard InChI is InChI=1S/C9H8F3N5O3/c10-9(11,12)20-7-2-1-6(17(18)19)3-5(7)4-15-16-8(13)14/h1-4H,(H4,13,14,16). The van der Waals surface area contributed by atoms with Crippen molar-refractivity contribution >= 4 is 17.9 Å². The number of halogens is 3. The summed E-state index contributed by atoms with van der Waals surface area (Å²) >= 11 is 0. The van der Waals surface area contributed by atoms with E-state index < -0.39 is 28.7 Å². The third-order valence-corrected chi connectivity index (χ3v) is 1.80. The SMILES string of the molecule is NC(N)=NN=Cc1cc([N+](=O)[O-])ccc1OC(F)(F)F. The van der Waals surface area contributed by atoms with E-state index >= 15 is 0 Å². The maximum Gasteiger partial charge on any atom is 0.573 e. The van der Waals surface area contributed by atoms with Crippen LogP contribution in [0.1, 0.15) is 5.56 Å². The van der Waals surface area contributed by atoms with Gasteiger partial charge in [-0.25, -0.2) is 0 Å². The molecule has 0 aliphatic rings. The van der Waals surface area contributed by atoms with Gasteiger partial charge >= 0.3 is 6.36 Å². The summed E-state index contributed by atoms with van der Waals surface area (Å²) in [4.78, 5) is 9.78. The lowest BCUT2D eigenvalue weighted by molar-refractivity contribution is -0.385. The second-order valence-electron chi connectivity index (χ2n) is 3.30. The van der Waals surface area contributed by atoms with Gasteiger partial charge in [-0.3, -0.25) is 10.1 Å². The Kier molecular flexibility index (Phi) is 4.46. The van der Waals surface area contributed by atoms with Crippen molar-refractivity contribution in [1.29, 1.82) is 0 Å². The number of non-ortho nitro benzene ring substituents is 1. The molecule has 0 saturated carbocycles. The van der Waals surface area contributed by atoms with Gasteiger partial charge in [0.2, 0.25) is 5.96 Å². The molecular weight excluding hydrogens is 283 g/mol. The zero-order valence-corrected chi connectivity index (χ0v) is 9.66. The molecule has 8 nitrogen and oxygen atoms in total. The minimum absolute atomic E-state index is 0.304. The van der Waals surface area contributed by atoms with Gasteiger partial charge in [-0.05, 0) is 6.07 Å². The van der Waals surface area contributed by atoms with Gasteiger partial charge in [0.25, 0.3) is 5.69 Å². The number of hydrogen-bond acceptors (Lipinski definition) is 5. The van der Waals surface area contributed by atoms with Crippen molar-refractivity contribution in [3.63, 3.8) is 0 Å². The molecule has 0 aromatic heterocycles. The zero-order chi connectivity index (χ0) is 15.3. The Labute approximate surface area is 109 Å². The number of nitrogens with two attached hydrogens (primary N) is 2. The van der Waals surface area contributed by atoms with Crippen molar-refractivity contribution < 1.29 is 22.8 Å². The van der Waals surface area contributed by atoms with E-state index in [1.54, 1.807) is 0 Å². The van der Waals surface area contributed by atoms with E-state index in [4.69, 9.17) is 11.5 Å². The maximum atomic E-state index is 12.2. The first-order chi connectivity index (χ1) is 9.19. The Morgan fingerprint density at radius 2 is 2.05 bits per heavy atom. The number of guanidine groups is 1. The fourth-order valence-electron chi connectivity index (χ4n) is 1.13. The molecule has 1 rings (SSSR count). The number of nitrogens with zero attached hydrogens (tertiary/aromatic N) is 3. The van der Waals surface area contributed by atoms with Crippen LogP contribution in [0.4, 0.5) is 18.9 Å². The van der Waals surface area contributed by atoms with E-state index in [-0.39, 0.29) is 5.56 Å². The summed E-state index contributed by atoms with van der Waals surface area (Å²) in [6.07, 6.45) is -4.15. The third-order valence-electron chi connectivity index (χ3n) is 1.80. The van der Waals surface area contributed by atoms with E-state index in [1.807, 2.05) is 0 Å². The van der Waals surface area contributed by atoms with E-state index in [1.165, 1.54) is 0 Å². The second-order valence-corrected chi connectivity index (χ2v) is 3.30. The highest BCUT2D eigenvalue weighted by Gasteiger charge is 2.32. The Balaban J connectivity index is 3.19. The maximum absolute atomic E-state index is 12.2. The molecule has 0 saturated heterocycles.